The second-order valence-electron chi connectivity index (χ2n) is 2.33. The van der Waals surface area contributed by atoms with Crippen LogP contribution in [-0.2, 0) is 4.74 Å². The summed E-state index contributed by atoms with van der Waals surface area (Å²) in [6, 6.07) is 6.24. The molecule has 70 valence electrons. The first-order chi connectivity index (χ1) is 6.25. The summed E-state index contributed by atoms with van der Waals surface area (Å²) in [6.45, 7) is 0.0181. The molecule has 0 atom stereocenters. The number of carbonyl (C=O) groups is 1. The van der Waals surface area contributed by atoms with Crippen molar-refractivity contribution in [2.75, 3.05) is 13.9 Å². The number of hydrogen-bond acceptors (Lipinski definition) is 4. The van der Waals surface area contributed by atoms with Gasteiger partial charge in [0.1, 0.15) is 5.75 Å². The zero-order chi connectivity index (χ0) is 9.68. The van der Waals surface area contributed by atoms with Crippen molar-refractivity contribution < 1.29 is 19.4 Å². The molecule has 1 rings (SSSR count). The smallest absolute Gasteiger partial charge is 0.188 e. The monoisotopic (exact) mass is 181 g/mol. The van der Waals surface area contributed by atoms with Crippen molar-refractivity contribution >= 4 is 5.97 Å². The maximum atomic E-state index is 10.6. The highest BCUT2D eigenvalue weighted by Gasteiger charge is 2.02. The van der Waals surface area contributed by atoms with E-state index in [0.717, 1.165) is 0 Å². The van der Waals surface area contributed by atoms with E-state index in [4.69, 9.17) is 4.74 Å². The summed E-state index contributed by atoms with van der Waals surface area (Å²) in [7, 11) is 1.46. The Bertz CT molecular complexity index is 295. The third kappa shape index (κ3) is 2.45. The van der Waals surface area contributed by atoms with Gasteiger partial charge in [-0.05, 0) is 12.1 Å². The fourth-order valence-corrected chi connectivity index (χ4v) is 0.884. The minimum Gasteiger partial charge on any atom is -0.545 e. The van der Waals surface area contributed by atoms with E-state index in [9.17, 15) is 9.90 Å². The van der Waals surface area contributed by atoms with Gasteiger partial charge < -0.3 is 19.4 Å². The lowest BCUT2D eigenvalue weighted by atomic mass is 10.2. The molecule has 0 aliphatic carbocycles. The molecule has 0 aromatic heterocycles. The molecule has 0 heterocycles. The lowest BCUT2D eigenvalue weighted by Gasteiger charge is -2.10. The summed E-state index contributed by atoms with van der Waals surface area (Å²) in [5.41, 5.74) is 0.0274. The second-order valence-corrected chi connectivity index (χ2v) is 2.33. The maximum Gasteiger partial charge on any atom is 0.188 e. The van der Waals surface area contributed by atoms with Crippen LogP contribution in [0.25, 0.3) is 0 Å². The first kappa shape index (κ1) is 9.54. The number of benzene rings is 1. The lowest BCUT2D eigenvalue weighted by Crippen LogP contribution is -2.23. The average molecular weight is 181 g/mol. The standard InChI is InChI=1S/C9H10O4/c1-12-6-13-8-5-3-2-4-7(8)9(10)11/h2-5H,6H2,1H3,(H,10,11)/p-1. The van der Waals surface area contributed by atoms with Crippen molar-refractivity contribution in [1.82, 2.24) is 0 Å². The summed E-state index contributed by atoms with van der Waals surface area (Å²) >= 11 is 0. The van der Waals surface area contributed by atoms with Crippen molar-refractivity contribution in [3.05, 3.63) is 29.8 Å². The Balaban J connectivity index is 2.84. The molecule has 0 amide bonds. The molecule has 0 fully saturated rings. The Morgan fingerprint density at radius 1 is 1.46 bits per heavy atom. The van der Waals surface area contributed by atoms with E-state index < -0.39 is 5.97 Å². The molecule has 0 N–H and O–H groups in total. The van der Waals surface area contributed by atoms with E-state index in [0.29, 0.717) is 0 Å². The minimum absolute atomic E-state index is 0.0181. The molecule has 4 heteroatoms. The molecular weight excluding hydrogens is 172 g/mol. The third-order valence-corrected chi connectivity index (χ3v) is 1.44. The van der Waals surface area contributed by atoms with Crippen LogP contribution < -0.4 is 9.84 Å². The fraction of sp³-hybridized carbons (Fsp3) is 0.222. The van der Waals surface area contributed by atoms with Crippen LogP contribution in [0, 0.1) is 0 Å². The molecule has 0 bridgehead atoms. The lowest BCUT2D eigenvalue weighted by molar-refractivity contribution is -0.255. The number of carboxylic acid groups (broad SMARTS) is 1. The van der Waals surface area contributed by atoms with Crippen LogP contribution >= 0.6 is 0 Å². The van der Waals surface area contributed by atoms with E-state index >= 15 is 0 Å². The molecule has 0 spiro atoms. The van der Waals surface area contributed by atoms with Gasteiger partial charge in [-0.15, -0.1) is 0 Å². The quantitative estimate of drug-likeness (QED) is 0.615. The zero-order valence-electron chi connectivity index (χ0n) is 7.15. The predicted molar refractivity (Wildman–Crippen MR) is 43.3 cm³/mol. The van der Waals surface area contributed by atoms with Crippen molar-refractivity contribution in [1.29, 1.82) is 0 Å². The van der Waals surface area contributed by atoms with Gasteiger partial charge in [-0.1, -0.05) is 12.1 Å². The Hall–Kier alpha value is -1.55. The first-order valence-corrected chi connectivity index (χ1v) is 3.68. The van der Waals surface area contributed by atoms with Crippen molar-refractivity contribution in [3.63, 3.8) is 0 Å². The number of carboxylic acids is 1. The van der Waals surface area contributed by atoms with Gasteiger partial charge in [0.15, 0.2) is 6.79 Å². The number of ether oxygens (including phenoxy) is 2. The van der Waals surface area contributed by atoms with Crippen LogP contribution in [0.15, 0.2) is 24.3 Å². The molecule has 0 saturated heterocycles. The summed E-state index contributed by atoms with van der Waals surface area (Å²) < 4.78 is 9.65. The summed E-state index contributed by atoms with van der Waals surface area (Å²) in [6.07, 6.45) is 0. The highest BCUT2D eigenvalue weighted by Crippen LogP contribution is 2.16. The number of hydrogen-bond donors (Lipinski definition) is 0. The molecule has 13 heavy (non-hydrogen) atoms. The minimum atomic E-state index is -1.26. The van der Waals surface area contributed by atoms with Crippen LogP contribution in [0.5, 0.6) is 5.75 Å². The van der Waals surface area contributed by atoms with E-state index in [2.05, 4.69) is 4.74 Å². The molecule has 0 saturated carbocycles. The maximum absolute atomic E-state index is 10.6. The van der Waals surface area contributed by atoms with E-state index in [1.165, 1.54) is 13.2 Å². The molecule has 1 aromatic rings. The summed E-state index contributed by atoms with van der Waals surface area (Å²) in [5.74, 6) is -1.00. The van der Waals surface area contributed by atoms with Crippen molar-refractivity contribution in [2.45, 2.75) is 0 Å². The van der Waals surface area contributed by atoms with Gasteiger partial charge in [0.25, 0.3) is 0 Å². The molecule has 0 aliphatic heterocycles. The number of aromatic carboxylic acids is 1. The SMILES string of the molecule is COCOc1ccccc1C(=O)[O-]. The zero-order valence-corrected chi connectivity index (χ0v) is 7.15. The summed E-state index contributed by atoms with van der Waals surface area (Å²) in [5, 5.41) is 10.6. The van der Waals surface area contributed by atoms with E-state index in [-0.39, 0.29) is 18.1 Å². The van der Waals surface area contributed by atoms with Crippen LogP contribution in [0.2, 0.25) is 0 Å². The van der Waals surface area contributed by atoms with Crippen LogP contribution in [-0.4, -0.2) is 19.9 Å². The van der Waals surface area contributed by atoms with Crippen LogP contribution in [0.3, 0.4) is 0 Å². The highest BCUT2D eigenvalue weighted by atomic mass is 16.7. The average Bonchev–Trinajstić information content (AvgIpc) is 2.15. The Labute approximate surface area is 75.7 Å². The molecule has 4 nitrogen and oxygen atoms in total. The molecule has 0 aliphatic rings. The molecule has 1 aromatic carbocycles. The molecule has 0 radical (unpaired) electrons. The number of carbonyl (C=O) groups excluding carboxylic acids is 1. The number of methoxy groups -OCH3 is 1. The Morgan fingerprint density at radius 3 is 2.77 bits per heavy atom. The number of para-hydroxylation sites is 1. The second kappa shape index (κ2) is 4.47. The van der Waals surface area contributed by atoms with Gasteiger partial charge in [-0.25, -0.2) is 0 Å². The predicted octanol–water partition coefficient (Wildman–Crippen LogP) is 0.0328. The van der Waals surface area contributed by atoms with Gasteiger partial charge in [0.05, 0.1) is 5.97 Å². The van der Waals surface area contributed by atoms with Crippen LogP contribution in [0.1, 0.15) is 10.4 Å². The highest BCUT2D eigenvalue weighted by molar-refractivity contribution is 5.89. The van der Waals surface area contributed by atoms with E-state index in [1.54, 1.807) is 18.2 Å². The van der Waals surface area contributed by atoms with Gasteiger partial charge in [-0.3, -0.25) is 0 Å². The van der Waals surface area contributed by atoms with Crippen LogP contribution in [0.4, 0.5) is 0 Å². The first-order valence-electron chi connectivity index (χ1n) is 3.68. The fourth-order valence-electron chi connectivity index (χ4n) is 0.884. The Morgan fingerprint density at radius 2 is 2.15 bits per heavy atom. The van der Waals surface area contributed by atoms with Crippen molar-refractivity contribution in [2.24, 2.45) is 0 Å². The van der Waals surface area contributed by atoms with Gasteiger partial charge in [0.2, 0.25) is 0 Å². The van der Waals surface area contributed by atoms with Gasteiger partial charge in [0, 0.05) is 12.7 Å². The third-order valence-electron chi connectivity index (χ3n) is 1.44. The van der Waals surface area contributed by atoms with Gasteiger partial charge >= 0.3 is 0 Å². The molecular formula is C9H9O4-. The topological polar surface area (TPSA) is 58.6 Å². The Kier molecular flexibility index (Phi) is 3.28. The largest absolute Gasteiger partial charge is 0.545 e. The van der Waals surface area contributed by atoms with Crippen molar-refractivity contribution in [3.8, 4) is 5.75 Å². The van der Waals surface area contributed by atoms with Gasteiger partial charge in [-0.2, -0.15) is 0 Å². The summed E-state index contributed by atoms with van der Waals surface area (Å²) in [4.78, 5) is 10.6. The molecule has 0 unspecified atom stereocenters. The normalized spacial score (nSPS) is 9.62. The van der Waals surface area contributed by atoms with E-state index in [1.807, 2.05) is 0 Å². The number of rotatable bonds is 4.